The summed E-state index contributed by atoms with van der Waals surface area (Å²) in [5, 5.41) is 0. The average molecular weight is 216 g/mol. The Hall–Kier alpha value is -0.970. The predicted molar refractivity (Wildman–Crippen MR) is 42.6 cm³/mol. The number of carbonyl (C=O) groups is 1. The minimum absolute atomic E-state index is 0.154. The van der Waals surface area contributed by atoms with Crippen LogP contribution in [0.5, 0.6) is 0 Å². The van der Waals surface area contributed by atoms with Crippen molar-refractivity contribution in [3.8, 4) is 0 Å². The molecular formula is C6H6BrN3O. The fraction of sp³-hybridized carbons (Fsp3) is 0.167. The van der Waals surface area contributed by atoms with Gasteiger partial charge in [0.1, 0.15) is 10.9 Å². The van der Waals surface area contributed by atoms with E-state index in [1.165, 1.54) is 6.33 Å². The summed E-state index contributed by atoms with van der Waals surface area (Å²) in [6.07, 6.45) is 1.53. The summed E-state index contributed by atoms with van der Waals surface area (Å²) < 4.78 is 0.656. The van der Waals surface area contributed by atoms with Gasteiger partial charge in [-0.1, -0.05) is 0 Å². The molecule has 0 aromatic carbocycles. The first kappa shape index (κ1) is 8.13. The molecule has 0 fully saturated rings. The lowest BCUT2D eigenvalue weighted by Crippen LogP contribution is -2.14. The number of nitrogens with zero attached hydrogens (tertiary/aromatic N) is 2. The van der Waals surface area contributed by atoms with Gasteiger partial charge in [-0.05, 0) is 22.0 Å². The highest BCUT2D eigenvalue weighted by molar-refractivity contribution is 9.10. The molecule has 0 saturated carbocycles. The van der Waals surface area contributed by atoms with Crippen LogP contribution in [0.4, 0.5) is 0 Å². The summed E-state index contributed by atoms with van der Waals surface area (Å²) in [7, 11) is 0. The second kappa shape index (κ2) is 3.43. The second-order valence-corrected chi connectivity index (χ2v) is 2.79. The van der Waals surface area contributed by atoms with E-state index in [2.05, 4.69) is 25.9 Å². The minimum Gasteiger partial charge on any atom is -0.369 e. The van der Waals surface area contributed by atoms with Crippen molar-refractivity contribution < 1.29 is 4.79 Å². The largest absolute Gasteiger partial charge is 0.369 e. The first-order valence-electron chi connectivity index (χ1n) is 2.93. The molecule has 1 aromatic rings. The third-order valence-corrected chi connectivity index (χ3v) is 1.48. The molecule has 1 rings (SSSR count). The van der Waals surface area contributed by atoms with E-state index in [1.807, 2.05) is 0 Å². The quantitative estimate of drug-likeness (QED) is 0.721. The Kier molecular flexibility index (Phi) is 2.53. The van der Waals surface area contributed by atoms with Gasteiger partial charge >= 0.3 is 0 Å². The molecule has 1 heterocycles. The van der Waals surface area contributed by atoms with Crippen molar-refractivity contribution in [2.45, 2.75) is 6.42 Å². The van der Waals surface area contributed by atoms with Gasteiger partial charge in [-0.3, -0.25) is 4.79 Å². The van der Waals surface area contributed by atoms with Gasteiger partial charge in [0.2, 0.25) is 5.91 Å². The Bertz CT molecular complexity index is 276. The lowest BCUT2D eigenvalue weighted by atomic mass is 10.3. The molecule has 1 amide bonds. The zero-order valence-electron chi connectivity index (χ0n) is 5.62. The fourth-order valence-electron chi connectivity index (χ4n) is 0.645. The molecule has 0 aliphatic rings. The standard InChI is InChI=1S/C6H6BrN3O/c7-5-1-4(2-6(8)11)9-3-10-5/h1,3H,2H2,(H2,8,11). The molecule has 0 unspecified atom stereocenters. The number of halogens is 1. The molecule has 0 aliphatic heterocycles. The average Bonchev–Trinajstić information content (AvgIpc) is 1.85. The van der Waals surface area contributed by atoms with Crippen LogP contribution in [-0.2, 0) is 11.2 Å². The number of rotatable bonds is 2. The smallest absolute Gasteiger partial charge is 0.223 e. The molecule has 4 nitrogen and oxygen atoms in total. The molecule has 0 radical (unpaired) electrons. The van der Waals surface area contributed by atoms with E-state index in [0.717, 1.165) is 0 Å². The molecule has 0 spiro atoms. The number of aromatic nitrogens is 2. The number of amides is 1. The number of nitrogens with two attached hydrogens (primary N) is 1. The number of hydrogen-bond acceptors (Lipinski definition) is 3. The van der Waals surface area contributed by atoms with Crippen LogP contribution < -0.4 is 5.73 Å². The van der Waals surface area contributed by atoms with Crippen molar-refractivity contribution in [2.75, 3.05) is 0 Å². The molecule has 1 aromatic heterocycles. The Morgan fingerprint density at radius 1 is 1.64 bits per heavy atom. The number of hydrogen-bond donors (Lipinski definition) is 1. The van der Waals surface area contributed by atoms with Crippen LogP contribution in [0.25, 0.3) is 0 Å². The van der Waals surface area contributed by atoms with Gasteiger partial charge in [0, 0.05) is 0 Å². The van der Waals surface area contributed by atoms with Gasteiger partial charge in [-0.2, -0.15) is 0 Å². The van der Waals surface area contributed by atoms with Crippen LogP contribution in [0.2, 0.25) is 0 Å². The van der Waals surface area contributed by atoms with Crippen LogP contribution >= 0.6 is 15.9 Å². The van der Waals surface area contributed by atoms with Crippen LogP contribution in [0.1, 0.15) is 5.69 Å². The summed E-state index contributed by atoms with van der Waals surface area (Å²) >= 11 is 3.15. The zero-order valence-corrected chi connectivity index (χ0v) is 7.21. The molecule has 0 bridgehead atoms. The molecule has 2 N–H and O–H groups in total. The van der Waals surface area contributed by atoms with E-state index in [1.54, 1.807) is 6.07 Å². The van der Waals surface area contributed by atoms with Gasteiger partial charge in [0.05, 0.1) is 12.1 Å². The Morgan fingerprint density at radius 3 is 2.91 bits per heavy atom. The van der Waals surface area contributed by atoms with E-state index in [0.29, 0.717) is 10.3 Å². The summed E-state index contributed by atoms with van der Waals surface area (Å²) in [4.78, 5) is 18.1. The lowest BCUT2D eigenvalue weighted by Gasteiger charge is -1.94. The lowest BCUT2D eigenvalue weighted by molar-refractivity contribution is -0.117. The molecule has 0 saturated heterocycles. The third-order valence-electron chi connectivity index (χ3n) is 1.05. The van der Waals surface area contributed by atoms with Gasteiger partial charge in [0.15, 0.2) is 0 Å². The SMILES string of the molecule is NC(=O)Cc1cc(Br)ncn1. The maximum absolute atomic E-state index is 10.4. The van der Waals surface area contributed by atoms with Gasteiger partial charge in [0.25, 0.3) is 0 Å². The zero-order chi connectivity index (χ0) is 8.27. The molecular weight excluding hydrogens is 210 g/mol. The fourth-order valence-corrected chi connectivity index (χ4v) is 1.00. The summed E-state index contributed by atoms with van der Waals surface area (Å²) in [6.45, 7) is 0. The van der Waals surface area contributed by atoms with E-state index in [4.69, 9.17) is 5.73 Å². The first-order chi connectivity index (χ1) is 5.18. The van der Waals surface area contributed by atoms with Crippen molar-refractivity contribution in [3.05, 3.63) is 22.7 Å². The molecule has 0 atom stereocenters. The maximum Gasteiger partial charge on any atom is 0.223 e. The van der Waals surface area contributed by atoms with Crippen molar-refractivity contribution in [2.24, 2.45) is 5.73 Å². The highest BCUT2D eigenvalue weighted by Crippen LogP contribution is 2.05. The Balaban J connectivity index is 2.79. The minimum atomic E-state index is -0.393. The number of carbonyl (C=O) groups excluding carboxylic acids is 1. The second-order valence-electron chi connectivity index (χ2n) is 1.98. The molecule has 0 aliphatic carbocycles. The van der Waals surface area contributed by atoms with Crippen molar-refractivity contribution in [1.82, 2.24) is 9.97 Å². The van der Waals surface area contributed by atoms with Crippen molar-refractivity contribution >= 4 is 21.8 Å². The number of primary amides is 1. The topological polar surface area (TPSA) is 68.9 Å². The van der Waals surface area contributed by atoms with Gasteiger partial charge in [-0.25, -0.2) is 9.97 Å². The van der Waals surface area contributed by atoms with Crippen LogP contribution in [0, 0.1) is 0 Å². The van der Waals surface area contributed by atoms with Gasteiger partial charge in [-0.15, -0.1) is 0 Å². The van der Waals surface area contributed by atoms with E-state index >= 15 is 0 Å². The predicted octanol–water partition coefficient (Wildman–Crippen LogP) is 0.267. The monoisotopic (exact) mass is 215 g/mol. The normalized spacial score (nSPS) is 9.55. The molecule has 11 heavy (non-hydrogen) atoms. The molecule has 5 heteroatoms. The summed E-state index contributed by atoms with van der Waals surface area (Å²) in [5.74, 6) is -0.393. The van der Waals surface area contributed by atoms with Crippen molar-refractivity contribution in [1.29, 1.82) is 0 Å². The van der Waals surface area contributed by atoms with E-state index < -0.39 is 5.91 Å². The maximum atomic E-state index is 10.4. The van der Waals surface area contributed by atoms with E-state index in [-0.39, 0.29) is 6.42 Å². The van der Waals surface area contributed by atoms with E-state index in [9.17, 15) is 4.79 Å². The molecule has 58 valence electrons. The summed E-state index contributed by atoms with van der Waals surface area (Å²) in [5.41, 5.74) is 5.58. The Labute approximate surface area is 72.0 Å². The highest BCUT2D eigenvalue weighted by atomic mass is 79.9. The summed E-state index contributed by atoms with van der Waals surface area (Å²) in [6, 6.07) is 1.66. The van der Waals surface area contributed by atoms with Crippen molar-refractivity contribution in [3.63, 3.8) is 0 Å². The van der Waals surface area contributed by atoms with Gasteiger partial charge < -0.3 is 5.73 Å². The third kappa shape index (κ3) is 2.63. The van der Waals surface area contributed by atoms with Crippen LogP contribution in [-0.4, -0.2) is 15.9 Å². The van der Waals surface area contributed by atoms with Crippen LogP contribution in [0.15, 0.2) is 17.0 Å². The first-order valence-corrected chi connectivity index (χ1v) is 3.72. The Morgan fingerprint density at radius 2 is 2.36 bits per heavy atom. The highest BCUT2D eigenvalue weighted by Gasteiger charge is 1.99. The van der Waals surface area contributed by atoms with Crippen LogP contribution in [0.3, 0.4) is 0 Å².